The molecule has 0 aliphatic heterocycles. The maximum Gasteiger partial charge on any atom is 0.0265 e. The van der Waals surface area contributed by atoms with E-state index >= 15 is 0 Å². The molecule has 1 heterocycles. The molecule has 0 saturated heterocycles. The fourth-order valence-corrected chi connectivity index (χ4v) is 0.668. The van der Waals surface area contributed by atoms with Crippen molar-refractivity contribution in [2.24, 2.45) is 7.05 Å². The van der Waals surface area contributed by atoms with Crippen LogP contribution in [-0.2, 0) is 39.8 Å². The van der Waals surface area contributed by atoms with E-state index in [2.05, 4.69) is 11.2 Å². The van der Waals surface area contributed by atoms with E-state index in [-0.39, 0.29) is 32.7 Å². The van der Waals surface area contributed by atoms with Gasteiger partial charge in [0.05, 0.1) is 0 Å². The van der Waals surface area contributed by atoms with Gasteiger partial charge < -0.3 is 10.7 Å². The Bertz CT molecular complexity index is 173. The Labute approximate surface area is 80.5 Å². The molecule has 0 unspecified atom stereocenters. The van der Waals surface area contributed by atoms with Gasteiger partial charge >= 0.3 is 0 Å². The Balaban J connectivity index is 0.000000640. The molecular formula is C6H9N2Y-. The normalized spacial score (nSPS) is 8.78. The summed E-state index contributed by atoms with van der Waals surface area (Å²) < 4.78 is 1.81. The van der Waals surface area contributed by atoms with Crippen LogP contribution in [-0.4, -0.2) is 9.78 Å². The average Bonchev–Trinajstić information content (AvgIpc) is 1.85. The number of nitrogens with zero attached hydrogens (tertiary/aromatic N) is 2. The quantitative estimate of drug-likeness (QED) is 0.564. The Hall–Kier alpha value is 0.314. The van der Waals surface area contributed by atoms with E-state index in [1.165, 1.54) is 0 Å². The second-order valence-electron chi connectivity index (χ2n) is 1.92. The molecular weight excluding hydrogens is 189 g/mol. The monoisotopic (exact) mass is 198 g/mol. The minimum absolute atomic E-state index is 0. The van der Waals surface area contributed by atoms with Crippen molar-refractivity contribution in [3.05, 3.63) is 17.5 Å². The summed E-state index contributed by atoms with van der Waals surface area (Å²) in [4.78, 5) is 0. The van der Waals surface area contributed by atoms with Gasteiger partial charge in [0.25, 0.3) is 0 Å². The number of aromatic nitrogens is 2. The van der Waals surface area contributed by atoms with Crippen molar-refractivity contribution in [3.8, 4) is 0 Å². The Morgan fingerprint density at radius 3 is 2.11 bits per heavy atom. The van der Waals surface area contributed by atoms with Crippen LogP contribution in [0.2, 0.25) is 0 Å². The summed E-state index contributed by atoms with van der Waals surface area (Å²) in [7, 11) is 1.92. The van der Waals surface area contributed by atoms with Gasteiger partial charge in [-0.3, -0.25) is 0 Å². The van der Waals surface area contributed by atoms with Gasteiger partial charge in [0.15, 0.2) is 0 Å². The minimum atomic E-state index is 0. The zero-order valence-corrected chi connectivity index (χ0v) is 8.81. The van der Waals surface area contributed by atoms with Crippen LogP contribution >= 0.6 is 0 Å². The summed E-state index contributed by atoms with van der Waals surface area (Å²) in [5.74, 6) is 0. The molecule has 0 fully saturated rings. The number of hydrogen-bond acceptors (Lipinski definition) is 1. The summed E-state index contributed by atoms with van der Waals surface area (Å²) in [5, 5.41) is 4.07. The van der Waals surface area contributed by atoms with Gasteiger partial charge in [0.2, 0.25) is 0 Å². The van der Waals surface area contributed by atoms with Crippen LogP contribution < -0.4 is 0 Å². The molecule has 3 heteroatoms. The summed E-state index contributed by atoms with van der Waals surface area (Å²) in [6.07, 6.45) is 0. The molecule has 1 aromatic heterocycles. The van der Waals surface area contributed by atoms with E-state index in [0.717, 1.165) is 11.4 Å². The molecule has 1 aromatic rings. The molecule has 0 saturated carbocycles. The van der Waals surface area contributed by atoms with Crippen LogP contribution in [0.3, 0.4) is 0 Å². The van der Waals surface area contributed by atoms with Gasteiger partial charge in [-0.05, 0) is 0 Å². The van der Waals surface area contributed by atoms with Crippen LogP contribution in [0.15, 0.2) is 0 Å². The minimum Gasteiger partial charge on any atom is -0.426 e. The van der Waals surface area contributed by atoms with Gasteiger partial charge in [-0.1, -0.05) is 13.8 Å². The summed E-state index contributed by atoms with van der Waals surface area (Å²) in [5.41, 5.74) is 2.05. The number of hydrogen-bond donors (Lipinski definition) is 0. The molecule has 9 heavy (non-hydrogen) atoms. The van der Waals surface area contributed by atoms with Crippen LogP contribution in [0.4, 0.5) is 0 Å². The second kappa shape index (κ2) is 3.47. The summed E-state index contributed by atoms with van der Waals surface area (Å²) in [6.45, 7) is 3.92. The molecule has 0 aliphatic carbocycles. The van der Waals surface area contributed by atoms with Gasteiger partial charge in [0, 0.05) is 39.8 Å². The Morgan fingerprint density at radius 2 is 2.00 bits per heavy atom. The van der Waals surface area contributed by atoms with Crippen LogP contribution in [0.1, 0.15) is 11.4 Å². The van der Waals surface area contributed by atoms with Crippen molar-refractivity contribution in [2.45, 2.75) is 13.8 Å². The number of aryl methyl sites for hydroxylation is 3. The SMILES string of the molecule is Cc1[c-]c(C)n(C)n1.[Y]. The zero-order valence-electron chi connectivity index (χ0n) is 5.97. The van der Waals surface area contributed by atoms with E-state index < -0.39 is 0 Å². The third-order valence-corrected chi connectivity index (χ3v) is 1.15. The first-order chi connectivity index (χ1) is 3.70. The van der Waals surface area contributed by atoms with Crippen molar-refractivity contribution in [1.82, 2.24) is 9.78 Å². The molecule has 0 N–H and O–H groups in total. The summed E-state index contributed by atoms with van der Waals surface area (Å²) >= 11 is 0. The average molecular weight is 198 g/mol. The molecule has 0 aromatic carbocycles. The third kappa shape index (κ3) is 2.19. The molecule has 0 spiro atoms. The fourth-order valence-electron chi connectivity index (χ4n) is 0.668. The molecule has 47 valence electrons. The maximum atomic E-state index is 4.07. The van der Waals surface area contributed by atoms with Gasteiger partial charge in [0.1, 0.15) is 0 Å². The maximum absolute atomic E-state index is 4.07. The van der Waals surface area contributed by atoms with Crippen LogP contribution in [0, 0.1) is 19.9 Å². The van der Waals surface area contributed by atoms with Crippen molar-refractivity contribution in [3.63, 3.8) is 0 Å². The van der Waals surface area contributed by atoms with E-state index in [0.29, 0.717) is 0 Å². The Morgan fingerprint density at radius 1 is 1.44 bits per heavy atom. The van der Waals surface area contributed by atoms with E-state index in [1.807, 2.05) is 25.6 Å². The Kier molecular flexibility index (Phi) is 3.60. The third-order valence-electron chi connectivity index (χ3n) is 1.15. The topological polar surface area (TPSA) is 17.8 Å². The van der Waals surface area contributed by atoms with Gasteiger partial charge in [-0.25, -0.2) is 5.10 Å². The van der Waals surface area contributed by atoms with E-state index in [1.54, 1.807) is 0 Å². The smallest absolute Gasteiger partial charge is 0.0265 e. The molecule has 0 aliphatic rings. The first kappa shape index (κ1) is 9.31. The predicted molar refractivity (Wildman–Crippen MR) is 31.5 cm³/mol. The second-order valence-corrected chi connectivity index (χ2v) is 1.92. The number of rotatable bonds is 0. The largest absolute Gasteiger partial charge is 0.426 e. The van der Waals surface area contributed by atoms with Crippen molar-refractivity contribution >= 4 is 0 Å². The van der Waals surface area contributed by atoms with Crippen molar-refractivity contribution < 1.29 is 32.7 Å². The van der Waals surface area contributed by atoms with Crippen LogP contribution in [0.25, 0.3) is 0 Å². The van der Waals surface area contributed by atoms with Crippen molar-refractivity contribution in [1.29, 1.82) is 0 Å². The first-order valence-corrected chi connectivity index (χ1v) is 2.59. The van der Waals surface area contributed by atoms with Crippen molar-refractivity contribution in [2.75, 3.05) is 0 Å². The molecule has 1 rings (SSSR count). The summed E-state index contributed by atoms with van der Waals surface area (Å²) in [6, 6.07) is 3.06. The molecule has 1 radical (unpaired) electrons. The molecule has 0 atom stereocenters. The van der Waals surface area contributed by atoms with Crippen LogP contribution in [0.5, 0.6) is 0 Å². The first-order valence-electron chi connectivity index (χ1n) is 2.59. The molecule has 0 amide bonds. The molecule has 0 bridgehead atoms. The van der Waals surface area contributed by atoms with Gasteiger partial charge in [-0.2, -0.15) is 0 Å². The van der Waals surface area contributed by atoms with E-state index in [4.69, 9.17) is 0 Å². The predicted octanol–water partition coefficient (Wildman–Crippen LogP) is 0.835. The standard InChI is InChI=1S/C6H9N2.Y/c1-5-4-6(2)8(3)7-5;/h1-3H3;/q-1;. The van der Waals surface area contributed by atoms with E-state index in [9.17, 15) is 0 Å². The van der Waals surface area contributed by atoms with Gasteiger partial charge in [-0.15, -0.1) is 11.4 Å². The zero-order chi connectivity index (χ0) is 6.15. The fraction of sp³-hybridized carbons (Fsp3) is 0.500. The molecule has 2 nitrogen and oxygen atoms in total.